The zero-order chi connectivity index (χ0) is 14.4. The van der Waals surface area contributed by atoms with Gasteiger partial charge in [0.1, 0.15) is 0 Å². The van der Waals surface area contributed by atoms with E-state index in [2.05, 4.69) is 23.5 Å². The molecule has 0 saturated carbocycles. The van der Waals surface area contributed by atoms with Crippen molar-refractivity contribution >= 4 is 17.7 Å². The van der Waals surface area contributed by atoms with Gasteiger partial charge in [0, 0.05) is 11.4 Å². The van der Waals surface area contributed by atoms with Crippen molar-refractivity contribution in [1.82, 2.24) is 5.32 Å². The molecule has 0 heterocycles. The average Bonchev–Trinajstić information content (AvgIpc) is 2.36. The lowest BCUT2D eigenvalue weighted by atomic mass is 10.1. The molecule has 0 aliphatic rings. The molecule has 0 fully saturated rings. The molecule has 0 radical (unpaired) electrons. The highest BCUT2D eigenvalue weighted by Gasteiger charge is 2.11. The summed E-state index contributed by atoms with van der Waals surface area (Å²) in [5.41, 5.74) is 2.38. The lowest BCUT2D eigenvalue weighted by Crippen LogP contribution is -2.35. The summed E-state index contributed by atoms with van der Waals surface area (Å²) in [7, 11) is 0. The molecule has 0 aliphatic carbocycles. The molecule has 106 valence electrons. The Morgan fingerprint density at radius 2 is 2.05 bits per heavy atom. The first-order chi connectivity index (χ1) is 8.90. The number of rotatable bonds is 6. The average molecular weight is 281 g/mol. The van der Waals surface area contributed by atoms with Gasteiger partial charge in [-0.2, -0.15) is 0 Å². The summed E-state index contributed by atoms with van der Waals surface area (Å²) < 4.78 is 0. The molecule has 0 saturated heterocycles. The van der Waals surface area contributed by atoms with Crippen molar-refractivity contribution < 1.29 is 9.90 Å². The van der Waals surface area contributed by atoms with Crippen LogP contribution in [0.5, 0.6) is 0 Å². The molecule has 1 rings (SSSR count). The Morgan fingerprint density at radius 3 is 2.68 bits per heavy atom. The van der Waals surface area contributed by atoms with E-state index in [0.29, 0.717) is 12.3 Å². The molecular weight excluding hydrogens is 258 g/mol. The molecule has 4 heteroatoms. The predicted octanol–water partition coefficient (Wildman–Crippen LogP) is 2.53. The number of amides is 1. The molecule has 1 atom stereocenters. The van der Waals surface area contributed by atoms with E-state index in [1.54, 1.807) is 0 Å². The molecule has 1 aromatic rings. The topological polar surface area (TPSA) is 49.3 Å². The van der Waals surface area contributed by atoms with Crippen LogP contribution in [0.4, 0.5) is 0 Å². The lowest BCUT2D eigenvalue weighted by Gasteiger charge is -2.15. The van der Waals surface area contributed by atoms with Gasteiger partial charge in [-0.05, 0) is 31.4 Å². The van der Waals surface area contributed by atoms with Crippen molar-refractivity contribution in [1.29, 1.82) is 0 Å². The van der Waals surface area contributed by atoms with E-state index >= 15 is 0 Å². The molecule has 1 amide bonds. The number of aryl methyl sites for hydroxylation is 2. The summed E-state index contributed by atoms with van der Waals surface area (Å²) in [5, 5.41) is 12.4. The van der Waals surface area contributed by atoms with E-state index in [4.69, 9.17) is 0 Å². The molecule has 0 spiro atoms. The van der Waals surface area contributed by atoms with E-state index in [-0.39, 0.29) is 11.8 Å². The minimum absolute atomic E-state index is 0.0365. The highest BCUT2D eigenvalue weighted by atomic mass is 32.2. The third-order valence-corrected chi connectivity index (χ3v) is 4.14. The third-order valence-electron chi connectivity index (χ3n) is 2.98. The maximum Gasteiger partial charge on any atom is 0.230 e. The minimum Gasteiger partial charge on any atom is -0.391 e. The van der Waals surface area contributed by atoms with Gasteiger partial charge >= 0.3 is 0 Å². The predicted molar refractivity (Wildman–Crippen MR) is 80.5 cm³/mol. The van der Waals surface area contributed by atoms with Gasteiger partial charge in [0.05, 0.1) is 11.9 Å². The van der Waals surface area contributed by atoms with Crippen LogP contribution in [-0.2, 0) is 4.79 Å². The first-order valence-corrected chi connectivity index (χ1v) is 7.53. The van der Waals surface area contributed by atoms with Crippen molar-refractivity contribution in [3.63, 3.8) is 0 Å². The van der Waals surface area contributed by atoms with Crippen LogP contribution in [0, 0.1) is 19.8 Å². The number of aliphatic hydroxyl groups is 1. The Balaban J connectivity index is 2.40. The second-order valence-electron chi connectivity index (χ2n) is 5.17. The fourth-order valence-electron chi connectivity index (χ4n) is 1.51. The molecule has 2 N–H and O–H groups in total. The standard InChI is InChI=1S/C15H23NO2S/c1-10(2)13(17)8-16-15(18)9-19-14-7-11(3)5-6-12(14)4/h5-7,10,13,17H,8-9H2,1-4H3,(H,16,18). The van der Waals surface area contributed by atoms with Crippen molar-refractivity contribution in [3.05, 3.63) is 29.3 Å². The van der Waals surface area contributed by atoms with Crippen LogP contribution >= 0.6 is 11.8 Å². The normalized spacial score (nSPS) is 12.5. The first kappa shape index (κ1) is 16.1. The number of aliphatic hydroxyl groups excluding tert-OH is 1. The number of nitrogens with one attached hydrogen (secondary N) is 1. The maximum atomic E-state index is 11.7. The Kier molecular flexibility index (Phi) is 6.38. The van der Waals surface area contributed by atoms with E-state index in [9.17, 15) is 9.90 Å². The molecule has 1 aromatic carbocycles. The second-order valence-corrected chi connectivity index (χ2v) is 6.19. The first-order valence-electron chi connectivity index (χ1n) is 6.55. The summed E-state index contributed by atoms with van der Waals surface area (Å²) in [6.45, 7) is 8.28. The molecule has 19 heavy (non-hydrogen) atoms. The molecule has 0 aliphatic heterocycles. The Morgan fingerprint density at radius 1 is 1.37 bits per heavy atom. The number of carbonyl (C=O) groups excluding carboxylic acids is 1. The number of benzene rings is 1. The van der Waals surface area contributed by atoms with E-state index in [1.165, 1.54) is 22.9 Å². The number of thioether (sulfide) groups is 1. The molecule has 0 bridgehead atoms. The van der Waals surface area contributed by atoms with Crippen molar-refractivity contribution in [2.24, 2.45) is 5.92 Å². The van der Waals surface area contributed by atoms with Crippen LogP contribution in [-0.4, -0.2) is 29.4 Å². The summed E-state index contributed by atoms with van der Waals surface area (Å²) >= 11 is 1.54. The fourth-order valence-corrected chi connectivity index (χ4v) is 2.46. The second kappa shape index (κ2) is 7.56. The number of carbonyl (C=O) groups is 1. The van der Waals surface area contributed by atoms with E-state index in [1.807, 2.05) is 27.7 Å². The van der Waals surface area contributed by atoms with Gasteiger partial charge < -0.3 is 10.4 Å². The van der Waals surface area contributed by atoms with Crippen LogP contribution in [0.3, 0.4) is 0 Å². The monoisotopic (exact) mass is 281 g/mol. The van der Waals surface area contributed by atoms with Gasteiger partial charge in [0.25, 0.3) is 0 Å². The number of hydrogen-bond donors (Lipinski definition) is 2. The fraction of sp³-hybridized carbons (Fsp3) is 0.533. The van der Waals surface area contributed by atoms with Crippen LogP contribution in [0.25, 0.3) is 0 Å². The van der Waals surface area contributed by atoms with Gasteiger partial charge in [0.15, 0.2) is 0 Å². The van der Waals surface area contributed by atoms with E-state index < -0.39 is 6.10 Å². The summed E-state index contributed by atoms with van der Waals surface area (Å²) in [6, 6.07) is 6.23. The Labute approximate surface area is 119 Å². The summed E-state index contributed by atoms with van der Waals surface area (Å²) in [6.07, 6.45) is -0.477. The molecule has 0 aromatic heterocycles. The summed E-state index contributed by atoms with van der Waals surface area (Å²) in [5.74, 6) is 0.507. The van der Waals surface area contributed by atoms with Crippen molar-refractivity contribution in [2.45, 2.75) is 38.7 Å². The van der Waals surface area contributed by atoms with Crippen molar-refractivity contribution in [2.75, 3.05) is 12.3 Å². The van der Waals surface area contributed by atoms with Gasteiger partial charge in [0.2, 0.25) is 5.91 Å². The highest BCUT2D eigenvalue weighted by Crippen LogP contribution is 2.23. The quantitative estimate of drug-likeness (QED) is 0.788. The highest BCUT2D eigenvalue weighted by molar-refractivity contribution is 8.00. The van der Waals surface area contributed by atoms with Crippen molar-refractivity contribution in [3.8, 4) is 0 Å². The SMILES string of the molecule is Cc1ccc(C)c(SCC(=O)NCC(O)C(C)C)c1. The van der Waals surface area contributed by atoms with Gasteiger partial charge in [-0.25, -0.2) is 0 Å². The maximum absolute atomic E-state index is 11.7. The molecule has 1 unspecified atom stereocenters. The summed E-state index contributed by atoms with van der Waals surface area (Å²) in [4.78, 5) is 12.8. The van der Waals surface area contributed by atoms with Crippen LogP contribution in [0.1, 0.15) is 25.0 Å². The van der Waals surface area contributed by atoms with Crippen LogP contribution in [0.15, 0.2) is 23.1 Å². The Bertz CT molecular complexity index is 432. The van der Waals surface area contributed by atoms with Crippen LogP contribution in [0.2, 0.25) is 0 Å². The van der Waals surface area contributed by atoms with Crippen LogP contribution < -0.4 is 5.32 Å². The third kappa shape index (κ3) is 5.66. The molecule has 3 nitrogen and oxygen atoms in total. The van der Waals surface area contributed by atoms with Gasteiger partial charge in [-0.3, -0.25) is 4.79 Å². The minimum atomic E-state index is -0.477. The smallest absolute Gasteiger partial charge is 0.230 e. The Hall–Kier alpha value is -1.00. The van der Waals surface area contributed by atoms with Gasteiger partial charge in [-0.15, -0.1) is 11.8 Å². The van der Waals surface area contributed by atoms with Gasteiger partial charge in [-0.1, -0.05) is 31.5 Å². The van der Waals surface area contributed by atoms with E-state index in [0.717, 1.165) is 4.90 Å². The molecular formula is C15H23NO2S. The number of hydrogen-bond acceptors (Lipinski definition) is 3. The zero-order valence-electron chi connectivity index (χ0n) is 12.1. The lowest BCUT2D eigenvalue weighted by molar-refractivity contribution is -0.119. The largest absolute Gasteiger partial charge is 0.391 e. The zero-order valence-corrected chi connectivity index (χ0v) is 12.9.